The van der Waals surface area contributed by atoms with E-state index in [-0.39, 0.29) is 12.0 Å². The topological polar surface area (TPSA) is 66.0 Å². The summed E-state index contributed by atoms with van der Waals surface area (Å²) in [6.07, 6.45) is 3.55. The summed E-state index contributed by atoms with van der Waals surface area (Å²) in [5.74, 6) is 1.76. The van der Waals surface area contributed by atoms with Gasteiger partial charge in [-0.3, -0.25) is 9.79 Å². The summed E-state index contributed by atoms with van der Waals surface area (Å²) in [7, 11) is 1.76. The highest BCUT2D eigenvalue weighted by Crippen LogP contribution is 2.21. The fraction of sp³-hybridized carbons (Fsp3) is 0.462. The molecule has 0 atom stereocenters. The molecule has 172 valence electrons. The molecule has 2 aromatic rings. The molecule has 1 amide bonds. The highest BCUT2D eigenvalue weighted by molar-refractivity contribution is 5.94. The van der Waals surface area contributed by atoms with E-state index in [1.54, 1.807) is 7.05 Å². The van der Waals surface area contributed by atoms with E-state index in [9.17, 15) is 4.79 Å². The van der Waals surface area contributed by atoms with Crippen molar-refractivity contribution < 1.29 is 9.53 Å². The number of piperidine rings is 1. The highest BCUT2D eigenvalue weighted by Gasteiger charge is 2.17. The number of aryl methyl sites for hydroxylation is 1. The van der Waals surface area contributed by atoms with Crippen molar-refractivity contribution >= 4 is 11.9 Å². The van der Waals surface area contributed by atoms with E-state index in [1.807, 2.05) is 43.0 Å². The van der Waals surface area contributed by atoms with Crippen LogP contribution < -0.4 is 15.4 Å². The van der Waals surface area contributed by atoms with Crippen molar-refractivity contribution in [3.63, 3.8) is 0 Å². The molecule has 1 aliphatic heterocycles. The lowest BCUT2D eigenvalue weighted by Gasteiger charge is -2.26. The predicted molar refractivity (Wildman–Crippen MR) is 130 cm³/mol. The summed E-state index contributed by atoms with van der Waals surface area (Å²) < 4.78 is 5.96. The van der Waals surface area contributed by atoms with Gasteiger partial charge in [0.25, 0.3) is 5.91 Å². The van der Waals surface area contributed by atoms with Gasteiger partial charge >= 0.3 is 0 Å². The standard InChI is InChI=1S/C26H36N4O2/c1-19(2)32-24-16-20(3)8-11-23(24)18-29-26(27-4)28-17-21-9-12-22(13-10-21)25(31)30-14-6-5-7-15-30/h8-13,16,19H,5-7,14-15,17-18H2,1-4H3,(H2,27,28,29). The zero-order valence-corrected chi connectivity index (χ0v) is 19.8. The van der Waals surface area contributed by atoms with Gasteiger partial charge in [0.15, 0.2) is 5.96 Å². The summed E-state index contributed by atoms with van der Waals surface area (Å²) in [4.78, 5) is 18.9. The van der Waals surface area contributed by atoms with E-state index in [4.69, 9.17) is 4.74 Å². The largest absolute Gasteiger partial charge is 0.491 e. The molecule has 0 aromatic heterocycles. The first-order chi connectivity index (χ1) is 15.5. The Morgan fingerprint density at radius 1 is 1.03 bits per heavy atom. The number of benzene rings is 2. The number of ether oxygens (including phenoxy) is 1. The van der Waals surface area contributed by atoms with E-state index in [0.717, 1.165) is 54.3 Å². The van der Waals surface area contributed by atoms with Crippen molar-refractivity contribution in [2.75, 3.05) is 20.1 Å². The number of likely N-dealkylation sites (tertiary alicyclic amines) is 1. The molecule has 6 nitrogen and oxygen atoms in total. The molecule has 6 heteroatoms. The maximum Gasteiger partial charge on any atom is 0.253 e. The second kappa shape index (κ2) is 11.6. The number of nitrogens with zero attached hydrogens (tertiary/aromatic N) is 2. The first-order valence-corrected chi connectivity index (χ1v) is 11.5. The molecule has 1 saturated heterocycles. The highest BCUT2D eigenvalue weighted by atomic mass is 16.5. The van der Waals surface area contributed by atoms with Crippen LogP contribution in [0.3, 0.4) is 0 Å². The van der Waals surface area contributed by atoms with Crippen LogP contribution in [-0.2, 0) is 13.1 Å². The number of aliphatic imine (C=N–C) groups is 1. The summed E-state index contributed by atoms with van der Waals surface area (Å²) in [6.45, 7) is 9.11. The molecule has 0 unspecified atom stereocenters. The number of hydrogen-bond acceptors (Lipinski definition) is 3. The Morgan fingerprint density at radius 3 is 2.38 bits per heavy atom. The van der Waals surface area contributed by atoms with E-state index in [2.05, 4.69) is 40.7 Å². The Kier molecular flexibility index (Phi) is 8.54. The third kappa shape index (κ3) is 6.74. The minimum absolute atomic E-state index is 0.123. The van der Waals surface area contributed by atoms with Crippen LogP contribution >= 0.6 is 0 Å². The van der Waals surface area contributed by atoms with Crippen molar-refractivity contribution in [1.82, 2.24) is 15.5 Å². The van der Waals surface area contributed by atoms with Crippen molar-refractivity contribution in [1.29, 1.82) is 0 Å². The predicted octanol–water partition coefficient (Wildman–Crippen LogP) is 4.27. The van der Waals surface area contributed by atoms with Crippen LogP contribution in [0.1, 0.15) is 60.2 Å². The van der Waals surface area contributed by atoms with Crippen LogP contribution in [0.15, 0.2) is 47.5 Å². The number of carbonyl (C=O) groups is 1. The van der Waals surface area contributed by atoms with Crippen molar-refractivity contribution in [2.45, 2.75) is 59.2 Å². The molecule has 2 aromatic carbocycles. The lowest BCUT2D eigenvalue weighted by Crippen LogP contribution is -2.36. The van der Waals surface area contributed by atoms with Gasteiger partial charge in [-0.15, -0.1) is 0 Å². The van der Waals surface area contributed by atoms with Crippen LogP contribution in [-0.4, -0.2) is 43.0 Å². The Bertz CT molecular complexity index is 916. The second-order valence-electron chi connectivity index (χ2n) is 8.61. The smallest absolute Gasteiger partial charge is 0.253 e. The third-order valence-corrected chi connectivity index (χ3v) is 5.56. The molecule has 1 aliphatic rings. The van der Waals surface area contributed by atoms with Crippen LogP contribution in [0.5, 0.6) is 5.75 Å². The Morgan fingerprint density at radius 2 is 1.72 bits per heavy atom. The van der Waals surface area contributed by atoms with Gasteiger partial charge in [0.05, 0.1) is 6.10 Å². The summed E-state index contributed by atoms with van der Waals surface area (Å²) in [5, 5.41) is 6.70. The monoisotopic (exact) mass is 436 g/mol. The molecule has 0 bridgehead atoms. The fourth-order valence-corrected chi connectivity index (χ4v) is 3.80. The first-order valence-electron chi connectivity index (χ1n) is 11.5. The Hall–Kier alpha value is -3.02. The number of hydrogen-bond donors (Lipinski definition) is 2. The van der Waals surface area contributed by atoms with Gasteiger partial charge in [-0.2, -0.15) is 0 Å². The normalized spacial score (nSPS) is 14.4. The molecule has 1 heterocycles. The van der Waals surface area contributed by atoms with E-state index >= 15 is 0 Å². The first kappa shape index (κ1) is 23.6. The molecule has 3 rings (SSSR count). The lowest BCUT2D eigenvalue weighted by atomic mass is 10.1. The van der Waals surface area contributed by atoms with E-state index in [0.29, 0.717) is 13.1 Å². The number of carbonyl (C=O) groups excluding carboxylic acids is 1. The molecular formula is C26H36N4O2. The van der Waals surface area contributed by atoms with Crippen LogP contribution in [0.25, 0.3) is 0 Å². The van der Waals surface area contributed by atoms with Crippen LogP contribution in [0, 0.1) is 6.92 Å². The minimum atomic E-state index is 0.123. The average molecular weight is 437 g/mol. The minimum Gasteiger partial charge on any atom is -0.491 e. The third-order valence-electron chi connectivity index (χ3n) is 5.56. The van der Waals surface area contributed by atoms with Crippen LogP contribution in [0.4, 0.5) is 0 Å². The molecular weight excluding hydrogens is 400 g/mol. The van der Waals surface area contributed by atoms with Crippen molar-refractivity contribution in [3.8, 4) is 5.75 Å². The van der Waals surface area contributed by atoms with Gasteiger partial charge in [-0.1, -0.05) is 24.3 Å². The van der Waals surface area contributed by atoms with Gasteiger partial charge in [-0.05, 0) is 69.4 Å². The number of rotatable bonds is 7. The van der Waals surface area contributed by atoms with Gasteiger partial charge < -0.3 is 20.3 Å². The summed E-state index contributed by atoms with van der Waals surface area (Å²) in [6, 6.07) is 14.1. The van der Waals surface area contributed by atoms with Crippen LogP contribution in [0.2, 0.25) is 0 Å². The lowest BCUT2D eigenvalue weighted by molar-refractivity contribution is 0.0724. The second-order valence-corrected chi connectivity index (χ2v) is 8.61. The van der Waals surface area contributed by atoms with E-state index in [1.165, 1.54) is 12.0 Å². The molecule has 0 spiro atoms. The zero-order valence-electron chi connectivity index (χ0n) is 19.8. The molecule has 0 radical (unpaired) electrons. The van der Waals surface area contributed by atoms with Gasteiger partial charge in [-0.25, -0.2) is 0 Å². The Labute approximate surface area is 192 Å². The van der Waals surface area contributed by atoms with E-state index < -0.39 is 0 Å². The number of amides is 1. The van der Waals surface area contributed by atoms with Gasteiger partial charge in [0.2, 0.25) is 0 Å². The molecule has 0 aliphatic carbocycles. The zero-order chi connectivity index (χ0) is 22.9. The maximum absolute atomic E-state index is 12.6. The number of guanidine groups is 1. The molecule has 1 fully saturated rings. The average Bonchev–Trinajstić information content (AvgIpc) is 2.80. The fourth-order valence-electron chi connectivity index (χ4n) is 3.80. The molecule has 0 saturated carbocycles. The summed E-state index contributed by atoms with van der Waals surface area (Å²) >= 11 is 0. The SMILES string of the molecule is CN=C(NCc1ccc(C(=O)N2CCCCC2)cc1)NCc1ccc(C)cc1OC(C)C. The van der Waals surface area contributed by atoms with Crippen molar-refractivity contribution in [3.05, 3.63) is 64.7 Å². The maximum atomic E-state index is 12.6. The Balaban J connectivity index is 1.53. The molecule has 2 N–H and O–H groups in total. The molecule has 32 heavy (non-hydrogen) atoms. The number of nitrogens with one attached hydrogen (secondary N) is 2. The van der Waals surface area contributed by atoms with Crippen molar-refractivity contribution in [2.24, 2.45) is 4.99 Å². The van der Waals surface area contributed by atoms with Gasteiger partial charge in [0.1, 0.15) is 5.75 Å². The quantitative estimate of drug-likeness (QED) is 0.502. The summed E-state index contributed by atoms with van der Waals surface area (Å²) in [5.41, 5.74) is 4.12. The van der Waals surface area contributed by atoms with Gasteiger partial charge in [0, 0.05) is 44.4 Å².